The fraction of sp³-hybridized carbons (Fsp3) is 0.294. The molecule has 0 bridgehead atoms. The van der Waals surface area contributed by atoms with Gasteiger partial charge >= 0.3 is 12.1 Å². The van der Waals surface area contributed by atoms with Crippen LogP contribution in [0, 0.1) is 5.92 Å². The number of carbonyl (C=O) groups excluding carboxylic acids is 1. The average Bonchev–Trinajstić information content (AvgIpc) is 2.92. The third-order valence-electron chi connectivity index (χ3n) is 5.02. The van der Waals surface area contributed by atoms with Gasteiger partial charge in [0.2, 0.25) is 0 Å². The first-order valence-electron chi connectivity index (χ1n) is 7.90. The first-order valence-corrected chi connectivity index (χ1v) is 7.90. The molecule has 2 saturated heterocycles. The number of amides is 2. The quantitative estimate of drug-likeness (QED) is 0.794. The highest BCUT2D eigenvalue weighted by Gasteiger charge is 2.64. The lowest BCUT2D eigenvalue weighted by molar-refractivity contribution is -0.161. The monoisotopic (exact) mass is 341 g/mol. The number of allylic oxidation sites excluding steroid dienone is 1. The smallest absolute Gasteiger partial charge is 0.408 e. The summed E-state index contributed by atoms with van der Waals surface area (Å²) in [6.45, 7) is 0.217. The van der Waals surface area contributed by atoms with Gasteiger partial charge in [-0.05, 0) is 30.2 Å². The molecule has 1 aromatic heterocycles. The Hall–Kier alpha value is -3.16. The van der Waals surface area contributed by atoms with E-state index in [0.717, 1.165) is 4.90 Å². The summed E-state index contributed by atoms with van der Waals surface area (Å²) in [6.07, 6.45) is 4.38. The van der Waals surface area contributed by atoms with Gasteiger partial charge in [-0.3, -0.25) is 19.6 Å². The van der Waals surface area contributed by atoms with Gasteiger partial charge in [-0.2, -0.15) is 0 Å². The molecule has 3 aliphatic heterocycles. The van der Waals surface area contributed by atoms with Gasteiger partial charge in [-0.25, -0.2) is 9.59 Å². The second-order valence-electron chi connectivity index (χ2n) is 6.21. The van der Waals surface area contributed by atoms with Gasteiger partial charge in [0.25, 0.3) is 5.91 Å². The van der Waals surface area contributed by atoms with E-state index in [4.69, 9.17) is 0 Å². The van der Waals surface area contributed by atoms with E-state index in [1.165, 1.54) is 4.90 Å². The van der Waals surface area contributed by atoms with Gasteiger partial charge in [0.15, 0.2) is 0 Å². The Balaban J connectivity index is 1.72. The highest BCUT2D eigenvalue weighted by atomic mass is 16.4. The molecule has 128 valence electrons. The fourth-order valence-corrected chi connectivity index (χ4v) is 4.01. The van der Waals surface area contributed by atoms with Crippen molar-refractivity contribution in [2.75, 3.05) is 6.54 Å². The maximum atomic E-state index is 12.4. The Morgan fingerprint density at radius 3 is 2.68 bits per heavy atom. The van der Waals surface area contributed by atoms with Gasteiger partial charge in [0, 0.05) is 18.7 Å². The molecule has 0 radical (unpaired) electrons. The van der Waals surface area contributed by atoms with Crippen LogP contribution in [0.25, 0.3) is 6.08 Å². The summed E-state index contributed by atoms with van der Waals surface area (Å²) in [5, 5.41) is 18.9. The van der Waals surface area contributed by atoms with Crippen LogP contribution < -0.4 is 0 Å². The first kappa shape index (κ1) is 15.4. The van der Waals surface area contributed by atoms with Gasteiger partial charge in [0.1, 0.15) is 11.7 Å². The van der Waals surface area contributed by atoms with Crippen molar-refractivity contribution in [3.05, 3.63) is 47.4 Å². The summed E-state index contributed by atoms with van der Waals surface area (Å²) < 4.78 is 0. The van der Waals surface area contributed by atoms with Crippen LogP contribution in [-0.2, 0) is 9.59 Å². The molecule has 2 N–H and O–H groups in total. The lowest BCUT2D eigenvalue weighted by Crippen LogP contribution is -2.73. The molecule has 0 aliphatic carbocycles. The third-order valence-corrected chi connectivity index (χ3v) is 5.02. The first-order chi connectivity index (χ1) is 12.0. The standard InChI is InChI=1S/C17H15N3O5/c21-15-14-12-11(6-8-19(14)17(24)25)10(13(16(22)23)20(12)15)5-4-9-3-1-2-7-18-9/h1-5,7,11-12,14H,6,8H2,(H,22,23)(H,24,25)/b5-4+/t11?,12-,14+/m1/s1. The maximum absolute atomic E-state index is 12.4. The Morgan fingerprint density at radius 1 is 1.24 bits per heavy atom. The minimum Gasteiger partial charge on any atom is -0.477 e. The molecule has 0 saturated carbocycles. The van der Waals surface area contributed by atoms with E-state index in [9.17, 15) is 24.6 Å². The van der Waals surface area contributed by atoms with Crippen LogP contribution >= 0.6 is 0 Å². The van der Waals surface area contributed by atoms with Crippen molar-refractivity contribution < 1.29 is 24.6 Å². The second-order valence-corrected chi connectivity index (χ2v) is 6.21. The number of piperidine rings is 1. The SMILES string of the molecule is O=C(O)C1=C(/C=C/c2ccccn2)C2CCN(C(=O)O)[C@@H]3C(=O)N1[C@H]23. The molecule has 1 aromatic rings. The number of pyridine rings is 1. The fourth-order valence-electron chi connectivity index (χ4n) is 4.01. The van der Waals surface area contributed by atoms with E-state index in [0.29, 0.717) is 17.7 Å². The van der Waals surface area contributed by atoms with Crippen LogP contribution in [0.1, 0.15) is 12.1 Å². The summed E-state index contributed by atoms with van der Waals surface area (Å²) in [4.78, 5) is 42.0. The van der Waals surface area contributed by atoms with Gasteiger partial charge in [-0.15, -0.1) is 0 Å². The number of nitrogens with zero attached hydrogens (tertiary/aromatic N) is 3. The van der Waals surface area contributed by atoms with E-state index >= 15 is 0 Å². The predicted octanol–water partition coefficient (Wildman–Crippen LogP) is 1.03. The van der Waals surface area contributed by atoms with Gasteiger partial charge in [-0.1, -0.05) is 12.1 Å². The number of β-lactam (4-membered cyclic amide) rings is 1. The maximum Gasteiger partial charge on any atom is 0.408 e. The average molecular weight is 341 g/mol. The summed E-state index contributed by atoms with van der Waals surface area (Å²) in [5.74, 6) is -1.82. The number of hydrogen-bond acceptors (Lipinski definition) is 4. The number of carboxylic acids is 1. The summed E-state index contributed by atoms with van der Waals surface area (Å²) in [6, 6.07) is 4.19. The van der Waals surface area contributed by atoms with Crippen LogP contribution in [0.5, 0.6) is 0 Å². The Morgan fingerprint density at radius 2 is 2.04 bits per heavy atom. The van der Waals surface area contributed by atoms with Crippen LogP contribution in [0.4, 0.5) is 4.79 Å². The molecule has 0 aromatic carbocycles. The van der Waals surface area contributed by atoms with Crippen molar-refractivity contribution in [1.82, 2.24) is 14.8 Å². The molecular weight excluding hydrogens is 326 g/mol. The van der Waals surface area contributed by atoms with Crippen molar-refractivity contribution in [3.63, 3.8) is 0 Å². The highest BCUT2D eigenvalue weighted by molar-refractivity contribution is 6.03. The molecule has 25 heavy (non-hydrogen) atoms. The zero-order valence-corrected chi connectivity index (χ0v) is 13.1. The third kappa shape index (κ3) is 2.14. The molecule has 8 heteroatoms. The van der Waals surface area contributed by atoms with Crippen LogP contribution in [0.15, 0.2) is 41.7 Å². The minimum atomic E-state index is -1.18. The Kier molecular flexibility index (Phi) is 3.34. The highest BCUT2D eigenvalue weighted by Crippen LogP contribution is 2.49. The van der Waals surface area contributed by atoms with Gasteiger partial charge < -0.3 is 10.2 Å². The lowest BCUT2D eigenvalue weighted by atomic mass is 9.78. The van der Waals surface area contributed by atoms with Crippen molar-refractivity contribution in [3.8, 4) is 0 Å². The van der Waals surface area contributed by atoms with Crippen LogP contribution in [-0.4, -0.2) is 61.6 Å². The number of carboxylic acid groups (broad SMARTS) is 2. The number of likely N-dealkylation sites (tertiary alicyclic amines) is 1. The zero-order chi connectivity index (χ0) is 17.7. The molecule has 3 aliphatic rings. The molecule has 2 fully saturated rings. The van der Waals surface area contributed by atoms with Crippen LogP contribution in [0.2, 0.25) is 0 Å². The van der Waals surface area contributed by atoms with E-state index in [1.807, 2.05) is 6.07 Å². The summed E-state index contributed by atoms with van der Waals surface area (Å²) in [7, 11) is 0. The number of rotatable bonds is 3. The Labute approximate surface area is 142 Å². The topological polar surface area (TPSA) is 111 Å². The lowest BCUT2D eigenvalue weighted by Gasteiger charge is -2.52. The molecule has 2 amide bonds. The second kappa shape index (κ2) is 5.44. The van der Waals surface area contributed by atoms with E-state index in [-0.39, 0.29) is 18.2 Å². The minimum absolute atomic E-state index is 0.0457. The normalized spacial score (nSPS) is 27.5. The van der Waals surface area contributed by atoms with Gasteiger partial charge in [0.05, 0.1) is 11.7 Å². The molecule has 4 heterocycles. The number of hydrogen-bond donors (Lipinski definition) is 2. The number of carbonyl (C=O) groups is 3. The molecular formula is C17H15N3O5. The molecule has 8 nitrogen and oxygen atoms in total. The van der Waals surface area contributed by atoms with Crippen molar-refractivity contribution in [2.24, 2.45) is 5.92 Å². The van der Waals surface area contributed by atoms with E-state index in [2.05, 4.69) is 4.98 Å². The Bertz CT molecular complexity index is 832. The summed E-state index contributed by atoms with van der Waals surface area (Å²) >= 11 is 0. The number of aliphatic carboxylic acids is 1. The van der Waals surface area contributed by atoms with Crippen LogP contribution in [0.3, 0.4) is 0 Å². The van der Waals surface area contributed by atoms with E-state index in [1.54, 1.807) is 30.5 Å². The molecule has 4 rings (SSSR count). The number of aromatic nitrogens is 1. The molecule has 0 spiro atoms. The van der Waals surface area contributed by atoms with E-state index < -0.39 is 30.1 Å². The predicted molar refractivity (Wildman–Crippen MR) is 85.2 cm³/mol. The largest absolute Gasteiger partial charge is 0.477 e. The van der Waals surface area contributed by atoms with Crippen molar-refractivity contribution in [2.45, 2.75) is 18.5 Å². The zero-order valence-electron chi connectivity index (χ0n) is 13.1. The van der Waals surface area contributed by atoms with Crippen molar-refractivity contribution >= 4 is 24.0 Å². The van der Waals surface area contributed by atoms with Crippen molar-refractivity contribution in [1.29, 1.82) is 0 Å². The summed E-state index contributed by atoms with van der Waals surface area (Å²) in [5.41, 5.74) is 1.19. The molecule has 1 unspecified atom stereocenters. The molecule has 3 atom stereocenters.